The van der Waals surface area contributed by atoms with Gasteiger partial charge in [-0.3, -0.25) is 0 Å². The van der Waals surface area contributed by atoms with Crippen molar-refractivity contribution >= 4 is 0 Å². The van der Waals surface area contributed by atoms with E-state index in [0.717, 1.165) is 0 Å². The number of hydrogen-bond acceptors (Lipinski definition) is 5. The summed E-state index contributed by atoms with van der Waals surface area (Å²) in [5.41, 5.74) is 0. The monoisotopic (exact) mass is 196 g/mol. The van der Waals surface area contributed by atoms with Crippen LogP contribution in [0.2, 0.25) is 0 Å². The summed E-state index contributed by atoms with van der Waals surface area (Å²) in [5.74, 6) is -2.05. The first kappa shape index (κ1) is 9.36. The minimum atomic E-state index is -4.93. The SMILES string of the molecule is Oc1ncc(OC(F)(F)F)c(O)n1. The average Bonchev–Trinajstić information content (AvgIpc) is 1.93. The molecule has 0 aliphatic rings. The van der Waals surface area contributed by atoms with Gasteiger partial charge in [0.2, 0.25) is 5.75 Å². The first-order valence-corrected chi connectivity index (χ1v) is 2.89. The highest BCUT2D eigenvalue weighted by atomic mass is 19.4. The van der Waals surface area contributed by atoms with Gasteiger partial charge in [0.1, 0.15) is 0 Å². The van der Waals surface area contributed by atoms with Gasteiger partial charge in [-0.15, -0.1) is 13.2 Å². The number of aromatic hydroxyl groups is 2. The molecule has 1 rings (SSSR count). The van der Waals surface area contributed by atoms with Gasteiger partial charge in [0.15, 0.2) is 0 Å². The van der Waals surface area contributed by atoms with Crippen molar-refractivity contribution in [3.8, 4) is 17.6 Å². The van der Waals surface area contributed by atoms with Crippen LogP contribution in [0.4, 0.5) is 13.2 Å². The Kier molecular flexibility index (Phi) is 2.13. The van der Waals surface area contributed by atoms with Crippen LogP contribution in [0.1, 0.15) is 0 Å². The molecule has 0 aliphatic carbocycles. The fourth-order valence-corrected chi connectivity index (χ4v) is 0.549. The number of aromatic nitrogens is 2. The Morgan fingerprint density at radius 1 is 1.31 bits per heavy atom. The second-order valence-corrected chi connectivity index (χ2v) is 1.91. The van der Waals surface area contributed by atoms with Gasteiger partial charge in [-0.05, 0) is 0 Å². The summed E-state index contributed by atoms with van der Waals surface area (Å²) in [6.07, 6.45) is -4.43. The first-order valence-electron chi connectivity index (χ1n) is 2.89. The predicted octanol–water partition coefficient (Wildman–Crippen LogP) is 0.786. The van der Waals surface area contributed by atoms with Crippen LogP contribution in [0.3, 0.4) is 0 Å². The van der Waals surface area contributed by atoms with Gasteiger partial charge in [0.25, 0.3) is 5.88 Å². The first-order chi connectivity index (χ1) is 5.88. The van der Waals surface area contributed by atoms with Crippen LogP contribution in [0.15, 0.2) is 6.20 Å². The van der Waals surface area contributed by atoms with E-state index >= 15 is 0 Å². The van der Waals surface area contributed by atoms with E-state index in [1.165, 1.54) is 0 Å². The Bertz CT molecular complexity index is 314. The highest BCUT2D eigenvalue weighted by Gasteiger charge is 2.32. The van der Waals surface area contributed by atoms with E-state index in [2.05, 4.69) is 14.7 Å². The lowest BCUT2D eigenvalue weighted by atomic mass is 10.6. The van der Waals surface area contributed by atoms with Gasteiger partial charge < -0.3 is 14.9 Å². The lowest BCUT2D eigenvalue weighted by Crippen LogP contribution is -2.17. The van der Waals surface area contributed by atoms with Crippen molar-refractivity contribution in [2.24, 2.45) is 0 Å². The Morgan fingerprint density at radius 3 is 2.38 bits per heavy atom. The third-order valence-corrected chi connectivity index (χ3v) is 0.949. The van der Waals surface area contributed by atoms with Crippen molar-refractivity contribution in [2.75, 3.05) is 0 Å². The van der Waals surface area contributed by atoms with E-state index in [4.69, 9.17) is 10.2 Å². The molecule has 0 unspecified atom stereocenters. The average molecular weight is 196 g/mol. The van der Waals surface area contributed by atoms with Crippen molar-refractivity contribution in [3.63, 3.8) is 0 Å². The number of nitrogens with zero attached hydrogens (tertiary/aromatic N) is 2. The summed E-state index contributed by atoms with van der Waals surface area (Å²) in [5, 5.41) is 17.2. The molecule has 0 radical (unpaired) electrons. The van der Waals surface area contributed by atoms with E-state index in [1.54, 1.807) is 0 Å². The zero-order valence-electron chi connectivity index (χ0n) is 5.91. The van der Waals surface area contributed by atoms with Crippen LogP contribution in [0, 0.1) is 0 Å². The summed E-state index contributed by atoms with van der Waals surface area (Å²) in [6.45, 7) is 0. The maximum Gasteiger partial charge on any atom is 0.573 e. The summed E-state index contributed by atoms with van der Waals surface area (Å²) in [7, 11) is 0. The molecule has 1 aromatic rings. The molecular formula is C5H3F3N2O3. The summed E-state index contributed by atoms with van der Waals surface area (Å²) >= 11 is 0. The minimum Gasteiger partial charge on any atom is -0.490 e. The van der Waals surface area contributed by atoms with Gasteiger partial charge >= 0.3 is 12.4 Å². The third kappa shape index (κ3) is 2.65. The van der Waals surface area contributed by atoms with Gasteiger partial charge in [-0.2, -0.15) is 9.97 Å². The molecule has 13 heavy (non-hydrogen) atoms. The van der Waals surface area contributed by atoms with Crippen molar-refractivity contribution in [1.82, 2.24) is 9.97 Å². The van der Waals surface area contributed by atoms with E-state index < -0.39 is 24.0 Å². The number of rotatable bonds is 1. The zero-order chi connectivity index (χ0) is 10.1. The molecule has 8 heteroatoms. The predicted molar refractivity (Wildman–Crippen MR) is 32.0 cm³/mol. The number of alkyl halides is 3. The molecule has 0 fully saturated rings. The molecule has 0 spiro atoms. The van der Waals surface area contributed by atoms with Gasteiger partial charge in [-0.25, -0.2) is 0 Å². The number of halogens is 3. The van der Waals surface area contributed by atoms with Crippen LogP contribution >= 0.6 is 0 Å². The Labute approximate surface area is 69.4 Å². The summed E-state index contributed by atoms with van der Waals surface area (Å²) < 4.78 is 38.0. The number of ether oxygens (including phenoxy) is 1. The fourth-order valence-electron chi connectivity index (χ4n) is 0.549. The van der Waals surface area contributed by atoms with Crippen molar-refractivity contribution in [3.05, 3.63) is 6.20 Å². The molecule has 0 aliphatic heterocycles. The normalized spacial score (nSPS) is 11.3. The van der Waals surface area contributed by atoms with E-state index in [0.29, 0.717) is 6.20 Å². The fraction of sp³-hybridized carbons (Fsp3) is 0.200. The van der Waals surface area contributed by atoms with Crippen LogP contribution in [0.5, 0.6) is 17.6 Å². The lowest BCUT2D eigenvalue weighted by Gasteiger charge is -2.08. The van der Waals surface area contributed by atoms with Gasteiger partial charge in [0.05, 0.1) is 6.20 Å². The molecule has 1 aromatic heterocycles. The molecule has 1 heterocycles. The minimum absolute atomic E-state index is 0.505. The van der Waals surface area contributed by atoms with Crippen LogP contribution in [-0.4, -0.2) is 26.5 Å². The third-order valence-electron chi connectivity index (χ3n) is 0.949. The van der Waals surface area contributed by atoms with Gasteiger partial charge in [-0.1, -0.05) is 0 Å². The van der Waals surface area contributed by atoms with Crippen LogP contribution in [-0.2, 0) is 0 Å². The highest BCUT2D eigenvalue weighted by Crippen LogP contribution is 2.29. The Morgan fingerprint density at radius 2 is 1.92 bits per heavy atom. The number of hydrogen-bond donors (Lipinski definition) is 2. The lowest BCUT2D eigenvalue weighted by molar-refractivity contribution is -0.275. The van der Waals surface area contributed by atoms with Crippen LogP contribution < -0.4 is 4.74 Å². The molecule has 0 bridgehead atoms. The highest BCUT2D eigenvalue weighted by molar-refractivity contribution is 5.30. The topological polar surface area (TPSA) is 75.5 Å². The molecule has 0 aromatic carbocycles. The smallest absolute Gasteiger partial charge is 0.490 e. The Balaban J connectivity index is 2.90. The second kappa shape index (κ2) is 2.96. The Hall–Kier alpha value is -1.73. The van der Waals surface area contributed by atoms with E-state index in [1.807, 2.05) is 0 Å². The summed E-state index contributed by atoms with van der Waals surface area (Å²) in [6, 6.07) is -0.841. The van der Waals surface area contributed by atoms with Crippen molar-refractivity contribution < 1.29 is 28.1 Å². The maximum absolute atomic E-state index is 11.6. The van der Waals surface area contributed by atoms with Crippen LogP contribution in [0.25, 0.3) is 0 Å². The van der Waals surface area contributed by atoms with Gasteiger partial charge in [0, 0.05) is 0 Å². The van der Waals surface area contributed by atoms with Crippen molar-refractivity contribution in [1.29, 1.82) is 0 Å². The van der Waals surface area contributed by atoms with Crippen molar-refractivity contribution in [2.45, 2.75) is 6.36 Å². The molecule has 2 N–H and O–H groups in total. The molecular weight excluding hydrogens is 193 g/mol. The standard InChI is InChI=1S/C5H3F3N2O3/c6-5(7,8)13-2-1-9-4(12)10-3(2)11/h1H,(H2,9,10,11,12). The zero-order valence-corrected chi connectivity index (χ0v) is 5.91. The van der Waals surface area contributed by atoms with E-state index in [-0.39, 0.29) is 0 Å². The van der Waals surface area contributed by atoms with E-state index in [9.17, 15) is 13.2 Å². The molecule has 0 amide bonds. The molecule has 0 saturated carbocycles. The molecule has 5 nitrogen and oxygen atoms in total. The molecule has 0 saturated heterocycles. The quantitative estimate of drug-likeness (QED) is 0.694. The second-order valence-electron chi connectivity index (χ2n) is 1.91. The largest absolute Gasteiger partial charge is 0.573 e. The maximum atomic E-state index is 11.6. The summed E-state index contributed by atoms with van der Waals surface area (Å²) in [4.78, 5) is 5.82. The molecule has 0 atom stereocenters. The molecule has 72 valence electrons.